The van der Waals surface area contributed by atoms with Gasteiger partial charge >= 0.3 is 5.97 Å². The molecular formula is C20H18O6. The number of hydrogen-bond acceptors (Lipinski definition) is 6. The highest BCUT2D eigenvalue weighted by molar-refractivity contribution is 5.81. The molecule has 0 bridgehead atoms. The van der Waals surface area contributed by atoms with Crippen molar-refractivity contribution in [3.63, 3.8) is 0 Å². The van der Waals surface area contributed by atoms with Crippen molar-refractivity contribution in [1.82, 2.24) is 0 Å². The van der Waals surface area contributed by atoms with Crippen molar-refractivity contribution >= 4 is 16.9 Å². The van der Waals surface area contributed by atoms with E-state index in [1.54, 1.807) is 50.2 Å². The van der Waals surface area contributed by atoms with Crippen LogP contribution in [0.1, 0.15) is 19.1 Å². The molecule has 0 saturated heterocycles. The maximum Gasteiger partial charge on any atom is 0.310 e. The molecular weight excluding hydrogens is 336 g/mol. The van der Waals surface area contributed by atoms with Gasteiger partial charge in [0.15, 0.2) is 11.5 Å². The van der Waals surface area contributed by atoms with Gasteiger partial charge in [-0.25, -0.2) is 0 Å². The van der Waals surface area contributed by atoms with Gasteiger partial charge in [-0.05, 0) is 31.2 Å². The van der Waals surface area contributed by atoms with Crippen molar-refractivity contribution < 1.29 is 23.4 Å². The Kier molecular flexibility index (Phi) is 4.93. The van der Waals surface area contributed by atoms with Gasteiger partial charge in [0.25, 0.3) is 0 Å². The second-order valence-electron chi connectivity index (χ2n) is 5.56. The van der Waals surface area contributed by atoms with Gasteiger partial charge in [0.2, 0.25) is 11.2 Å². The van der Waals surface area contributed by atoms with Crippen LogP contribution in [0.4, 0.5) is 0 Å². The summed E-state index contributed by atoms with van der Waals surface area (Å²) in [6.45, 7) is 3.34. The van der Waals surface area contributed by atoms with E-state index < -0.39 is 0 Å². The number of carbonyl (C=O) groups is 1. The molecule has 0 N–H and O–H groups in total. The van der Waals surface area contributed by atoms with Gasteiger partial charge in [0, 0.05) is 12.5 Å². The summed E-state index contributed by atoms with van der Waals surface area (Å²) in [7, 11) is 1.52. The number of esters is 1. The lowest BCUT2D eigenvalue weighted by Crippen LogP contribution is -2.09. The van der Waals surface area contributed by atoms with Crippen LogP contribution < -0.4 is 19.6 Å². The zero-order chi connectivity index (χ0) is 18.7. The highest BCUT2D eigenvalue weighted by Crippen LogP contribution is 2.32. The molecule has 2 aromatic carbocycles. The molecule has 0 saturated carbocycles. The first-order valence-corrected chi connectivity index (χ1v) is 8.12. The Bertz CT molecular complexity index is 1020. The second kappa shape index (κ2) is 7.31. The van der Waals surface area contributed by atoms with Gasteiger partial charge in [-0.15, -0.1) is 0 Å². The summed E-state index contributed by atoms with van der Waals surface area (Å²) in [5, 5.41) is 0.330. The lowest BCUT2D eigenvalue weighted by Gasteiger charge is -2.12. The van der Waals surface area contributed by atoms with E-state index in [1.165, 1.54) is 13.2 Å². The zero-order valence-corrected chi connectivity index (χ0v) is 14.7. The third-order valence-corrected chi connectivity index (χ3v) is 3.79. The van der Waals surface area contributed by atoms with Crippen LogP contribution in [0.2, 0.25) is 0 Å². The van der Waals surface area contributed by atoms with Crippen LogP contribution in [0.25, 0.3) is 11.0 Å². The Morgan fingerprint density at radius 3 is 2.54 bits per heavy atom. The van der Waals surface area contributed by atoms with E-state index >= 15 is 0 Å². The number of hydrogen-bond donors (Lipinski definition) is 0. The normalized spacial score (nSPS) is 10.6. The van der Waals surface area contributed by atoms with Crippen LogP contribution in [0, 0.1) is 6.92 Å². The van der Waals surface area contributed by atoms with Crippen LogP contribution in [0.15, 0.2) is 51.7 Å². The quantitative estimate of drug-likeness (QED) is 0.504. The molecule has 3 rings (SSSR count). The van der Waals surface area contributed by atoms with Gasteiger partial charge in [-0.3, -0.25) is 9.59 Å². The minimum Gasteiger partial charge on any atom is -0.493 e. The molecule has 3 aromatic rings. The van der Waals surface area contributed by atoms with Crippen molar-refractivity contribution in [2.45, 2.75) is 20.3 Å². The zero-order valence-electron chi connectivity index (χ0n) is 14.7. The van der Waals surface area contributed by atoms with Crippen LogP contribution in [0.5, 0.6) is 23.0 Å². The molecule has 6 nitrogen and oxygen atoms in total. The average molecular weight is 354 g/mol. The highest BCUT2D eigenvalue weighted by Gasteiger charge is 2.16. The van der Waals surface area contributed by atoms with Crippen molar-refractivity contribution in [1.29, 1.82) is 0 Å². The largest absolute Gasteiger partial charge is 0.493 e. The van der Waals surface area contributed by atoms with Gasteiger partial charge in [-0.1, -0.05) is 19.1 Å². The highest BCUT2D eigenvalue weighted by atomic mass is 16.5. The fraction of sp³-hybridized carbons (Fsp3) is 0.200. The number of ether oxygens (including phenoxy) is 3. The van der Waals surface area contributed by atoms with E-state index in [2.05, 4.69) is 0 Å². The van der Waals surface area contributed by atoms with E-state index in [-0.39, 0.29) is 23.6 Å². The standard InChI is InChI=1S/C20H18O6/c1-4-18(21)25-13-9-10-14-17(11-13)24-12(2)20(19(14)22)26-16-8-6-5-7-15(16)23-3/h5-11H,4H2,1-3H3. The fourth-order valence-electron chi connectivity index (χ4n) is 2.47. The van der Waals surface area contributed by atoms with E-state index in [4.69, 9.17) is 18.6 Å². The minimum absolute atomic E-state index is 0.0836. The number of carbonyl (C=O) groups excluding carboxylic acids is 1. The maximum absolute atomic E-state index is 12.8. The molecule has 0 radical (unpaired) electrons. The topological polar surface area (TPSA) is 75.0 Å². The number of methoxy groups -OCH3 is 1. The molecule has 1 heterocycles. The third-order valence-electron chi connectivity index (χ3n) is 3.79. The average Bonchev–Trinajstić information content (AvgIpc) is 2.65. The molecule has 1 aromatic heterocycles. The SMILES string of the molecule is CCC(=O)Oc1ccc2c(=O)c(Oc3ccccc3OC)c(C)oc2c1. The van der Waals surface area contributed by atoms with Crippen molar-refractivity contribution in [2.24, 2.45) is 0 Å². The van der Waals surface area contributed by atoms with Gasteiger partial charge in [0.05, 0.1) is 12.5 Å². The van der Waals surface area contributed by atoms with E-state index in [1.807, 2.05) is 0 Å². The Morgan fingerprint density at radius 2 is 1.85 bits per heavy atom. The molecule has 0 aliphatic carbocycles. The Hall–Kier alpha value is -3.28. The first-order valence-electron chi connectivity index (χ1n) is 8.12. The monoisotopic (exact) mass is 354 g/mol. The molecule has 0 aliphatic rings. The lowest BCUT2D eigenvalue weighted by molar-refractivity contribution is -0.134. The van der Waals surface area contributed by atoms with Crippen molar-refractivity contribution in [3.05, 3.63) is 58.4 Å². The van der Waals surface area contributed by atoms with E-state index in [0.717, 1.165) is 0 Å². The van der Waals surface area contributed by atoms with Crippen LogP contribution in [-0.4, -0.2) is 13.1 Å². The molecule has 0 amide bonds. The summed E-state index contributed by atoms with van der Waals surface area (Å²) in [6, 6.07) is 11.6. The minimum atomic E-state index is -0.362. The van der Waals surface area contributed by atoms with Crippen LogP contribution >= 0.6 is 0 Å². The van der Waals surface area contributed by atoms with Gasteiger partial charge in [-0.2, -0.15) is 0 Å². The third kappa shape index (κ3) is 3.39. The number of fused-ring (bicyclic) bond motifs is 1. The second-order valence-corrected chi connectivity index (χ2v) is 5.56. The first-order chi connectivity index (χ1) is 12.5. The maximum atomic E-state index is 12.8. The molecule has 134 valence electrons. The summed E-state index contributed by atoms with van der Waals surface area (Å²) in [5.74, 6) is 1.28. The molecule has 26 heavy (non-hydrogen) atoms. The molecule has 0 fully saturated rings. The number of para-hydroxylation sites is 2. The molecule has 0 aliphatic heterocycles. The fourth-order valence-corrected chi connectivity index (χ4v) is 2.47. The van der Waals surface area contributed by atoms with Gasteiger partial charge in [0.1, 0.15) is 17.1 Å². The predicted octanol–water partition coefficient (Wildman–Crippen LogP) is 4.22. The summed E-state index contributed by atoms with van der Waals surface area (Å²) >= 11 is 0. The van der Waals surface area contributed by atoms with Crippen LogP contribution in [-0.2, 0) is 4.79 Å². The Labute approximate surface area is 149 Å². The lowest BCUT2D eigenvalue weighted by atomic mass is 10.2. The number of rotatable bonds is 5. The molecule has 0 unspecified atom stereocenters. The number of aryl methyl sites for hydroxylation is 1. The van der Waals surface area contributed by atoms with E-state index in [0.29, 0.717) is 34.0 Å². The Morgan fingerprint density at radius 1 is 1.12 bits per heavy atom. The molecule has 0 spiro atoms. The smallest absolute Gasteiger partial charge is 0.310 e. The van der Waals surface area contributed by atoms with E-state index in [9.17, 15) is 9.59 Å². The summed E-state index contributed by atoms with van der Waals surface area (Å²) < 4.78 is 21.9. The Balaban J connectivity index is 2.04. The van der Waals surface area contributed by atoms with Crippen LogP contribution in [0.3, 0.4) is 0 Å². The summed E-state index contributed by atoms with van der Waals surface area (Å²) in [4.78, 5) is 24.2. The summed E-state index contributed by atoms with van der Waals surface area (Å²) in [5.41, 5.74) is 0.00399. The molecule has 0 atom stereocenters. The van der Waals surface area contributed by atoms with Crippen molar-refractivity contribution in [2.75, 3.05) is 7.11 Å². The first kappa shape index (κ1) is 17.5. The predicted molar refractivity (Wildman–Crippen MR) is 96.2 cm³/mol. The summed E-state index contributed by atoms with van der Waals surface area (Å²) in [6.07, 6.45) is 0.257. The number of benzene rings is 2. The van der Waals surface area contributed by atoms with Crippen molar-refractivity contribution in [3.8, 4) is 23.0 Å². The van der Waals surface area contributed by atoms with Gasteiger partial charge < -0.3 is 18.6 Å². The molecule has 6 heteroatoms.